The van der Waals surface area contributed by atoms with E-state index in [9.17, 15) is 4.79 Å². The van der Waals surface area contributed by atoms with Gasteiger partial charge in [-0.2, -0.15) is 5.10 Å². The lowest BCUT2D eigenvalue weighted by Crippen LogP contribution is -2.39. The Kier molecular flexibility index (Phi) is 7.31. The second-order valence-electron chi connectivity index (χ2n) is 8.73. The van der Waals surface area contributed by atoms with Crippen molar-refractivity contribution >= 4 is 32.6 Å². The SMILES string of the molecule is COc1ccc(C)c2sc(N(CCCN3CCOCC3)C(=O)c3cc(C)nn3C(C)C)nc12. The van der Waals surface area contributed by atoms with Crippen LogP contribution >= 0.6 is 11.3 Å². The number of anilines is 1. The number of hydrogen-bond acceptors (Lipinski definition) is 7. The zero-order valence-electron chi connectivity index (χ0n) is 20.1. The maximum absolute atomic E-state index is 13.8. The third-order valence-electron chi connectivity index (χ3n) is 5.91. The van der Waals surface area contributed by atoms with Crippen molar-refractivity contribution in [3.05, 3.63) is 35.2 Å². The molecule has 9 heteroatoms. The van der Waals surface area contributed by atoms with Crippen LogP contribution in [0.5, 0.6) is 5.75 Å². The number of carbonyl (C=O) groups is 1. The van der Waals surface area contributed by atoms with Crippen LogP contribution in [0, 0.1) is 13.8 Å². The fraction of sp³-hybridized carbons (Fsp3) is 0.542. The van der Waals surface area contributed by atoms with E-state index >= 15 is 0 Å². The molecule has 0 bridgehead atoms. The van der Waals surface area contributed by atoms with Crippen molar-refractivity contribution < 1.29 is 14.3 Å². The van der Waals surface area contributed by atoms with E-state index < -0.39 is 0 Å². The first-order valence-corrected chi connectivity index (χ1v) is 12.3. The van der Waals surface area contributed by atoms with Gasteiger partial charge in [0.25, 0.3) is 5.91 Å². The highest BCUT2D eigenvalue weighted by atomic mass is 32.1. The number of carbonyl (C=O) groups excluding carboxylic acids is 1. The first kappa shape index (κ1) is 23.7. The molecule has 4 rings (SSSR count). The van der Waals surface area contributed by atoms with Gasteiger partial charge in [0, 0.05) is 32.2 Å². The van der Waals surface area contributed by atoms with Gasteiger partial charge in [0.2, 0.25) is 0 Å². The molecule has 1 aliphatic heterocycles. The van der Waals surface area contributed by atoms with Crippen molar-refractivity contribution in [3.8, 4) is 5.75 Å². The van der Waals surface area contributed by atoms with Crippen molar-refractivity contribution in [2.24, 2.45) is 0 Å². The molecule has 3 aromatic rings. The van der Waals surface area contributed by atoms with Gasteiger partial charge in [-0.1, -0.05) is 17.4 Å². The van der Waals surface area contributed by atoms with Crippen LogP contribution in [0.2, 0.25) is 0 Å². The molecule has 0 spiro atoms. The Morgan fingerprint density at radius 2 is 2.03 bits per heavy atom. The summed E-state index contributed by atoms with van der Waals surface area (Å²) in [7, 11) is 1.65. The number of fused-ring (bicyclic) bond motifs is 1. The minimum Gasteiger partial charge on any atom is -0.494 e. The average molecular weight is 472 g/mol. The molecule has 3 heterocycles. The first-order valence-electron chi connectivity index (χ1n) is 11.5. The number of nitrogens with zero attached hydrogens (tertiary/aromatic N) is 5. The summed E-state index contributed by atoms with van der Waals surface area (Å²) in [6, 6.07) is 5.93. The topological polar surface area (TPSA) is 72.7 Å². The van der Waals surface area contributed by atoms with Crippen LogP contribution in [0.15, 0.2) is 18.2 Å². The Hall–Kier alpha value is -2.49. The normalized spacial score (nSPS) is 14.8. The third-order valence-corrected chi connectivity index (χ3v) is 7.13. The summed E-state index contributed by atoms with van der Waals surface area (Å²) < 4.78 is 13.9. The molecule has 1 amide bonds. The van der Waals surface area contributed by atoms with Crippen molar-refractivity contribution in [1.82, 2.24) is 19.7 Å². The Bertz CT molecular complexity index is 1120. The molecule has 33 heavy (non-hydrogen) atoms. The molecule has 8 nitrogen and oxygen atoms in total. The molecular weight excluding hydrogens is 438 g/mol. The van der Waals surface area contributed by atoms with Crippen LogP contribution in [-0.4, -0.2) is 72.1 Å². The van der Waals surface area contributed by atoms with Crippen molar-refractivity contribution in [3.63, 3.8) is 0 Å². The van der Waals surface area contributed by atoms with Gasteiger partial charge < -0.3 is 9.47 Å². The predicted molar refractivity (Wildman–Crippen MR) is 132 cm³/mol. The van der Waals surface area contributed by atoms with E-state index in [0.717, 1.165) is 66.5 Å². The summed E-state index contributed by atoms with van der Waals surface area (Å²) >= 11 is 1.54. The largest absolute Gasteiger partial charge is 0.494 e. The molecular formula is C24H33N5O3S. The fourth-order valence-electron chi connectivity index (χ4n) is 4.15. The molecule has 0 saturated carbocycles. The van der Waals surface area contributed by atoms with E-state index in [1.165, 1.54) is 0 Å². The maximum Gasteiger partial charge on any atom is 0.278 e. The number of hydrogen-bond donors (Lipinski definition) is 0. The summed E-state index contributed by atoms with van der Waals surface area (Å²) in [6.45, 7) is 13.0. The molecule has 0 radical (unpaired) electrons. The van der Waals surface area contributed by atoms with Crippen molar-refractivity contribution in [2.75, 3.05) is 51.4 Å². The van der Waals surface area contributed by atoms with Crippen molar-refractivity contribution in [2.45, 2.75) is 40.2 Å². The van der Waals surface area contributed by atoms with E-state index in [1.807, 2.05) is 48.6 Å². The van der Waals surface area contributed by atoms with Gasteiger partial charge in [0.05, 0.1) is 30.7 Å². The summed E-state index contributed by atoms with van der Waals surface area (Å²) in [5.41, 5.74) is 3.36. The predicted octanol–water partition coefficient (Wildman–Crippen LogP) is 4.07. The van der Waals surface area contributed by atoms with E-state index in [1.54, 1.807) is 18.4 Å². The van der Waals surface area contributed by atoms with Gasteiger partial charge in [0.15, 0.2) is 5.13 Å². The molecule has 1 saturated heterocycles. The smallest absolute Gasteiger partial charge is 0.278 e. The number of aromatic nitrogens is 3. The summed E-state index contributed by atoms with van der Waals surface area (Å²) in [5, 5.41) is 5.25. The van der Waals surface area contributed by atoms with Gasteiger partial charge in [-0.3, -0.25) is 19.3 Å². The highest BCUT2D eigenvalue weighted by Crippen LogP contribution is 2.37. The number of aryl methyl sites for hydroxylation is 2. The second-order valence-corrected chi connectivity index (χ2v) is 9.71. The summed E-state index contributed by atoms with van der Waals surface area (Å²) in [6.07, 6.45) is 0.854. The molecule has 2 aromatic heterocycles. The number of ether oxygens (including phenoxy) is 2. The number of morpholine rings is 1. The maximum atomic E-state index is 13.8. The standard InChI is InChI=1S/C24H33N5O3S/c1-16(2)29-19(15-18(4)26-29)23(30)28(10-6-9-27-11-13-32-14-12-27)24-25-21-20(31-5)8-7-17(3)22(21)33-24/h7-8,15-16H,6,9-14H2,1-5H3. The van der Waals surface area contributed by atoms with Crippen LogP contribution in [0.4, 0.5) is 5.13 Å². The first-order chi connectivity index (χ1) is 15.9. The summed E-state index contributed by atoms with van der Waals surface area (Å²) in [4.78, 5) is 22.9. The molecule has 1 fully saturated rings. The summed E-state index contributed by atoms with van der Waals surface area (Å²) in [5.74, 6) is 0.656. The van der Waals surface area contributed by atoms with Crippen LogP contribution in [0.25, 0.3) is 10.2 Å². The molecule has 0 aliphatic carbocycles. The van der Waals surface area contributed by atoms with Gasteiger partial charge in [-0.15, -0.1) is 0 Å². The molecule has 0 unspecified atom stereocenters. The number of amides is 1. The van der Waals surface area contributed by atoms with Gasteiger partial charge in [0.1, 0.15) is 17.0 Å². The lowest BCUT2D eigenvalue weighted by Gasteiger charge is -2.28. The highest BCUT2D eigenvalue weighted by Gasteiger charge is 2.27. The molecule has 0 atom stereocenters. The lowest BCUT2D eigenvalue weighted by molar-refractivity contribution is 0.0376. The fourth-order valence-corrected chi connectivity index (χ4v) is 5.22. The Labute approximate surface area is 199 Å². The Balaban J connectivity index is 1.67. The van der Waals surface area contributed by atoms with E-state index in [2.05, 4.69) is 16.9 Å². The quantitative estimate of drug-likeness (QED) is 0.493. The third kappa shape index (κ3) is 5.05. The van der Waals surface area contributed by atoms with Crippen LogP contribution in [0.1, 0.15) is 48.1 Å². The minimum absolute atomic E-state index is 0.0676. The highest BCUT2D eigenvalue weighted by molar-refractivity contribution is 7.22. The Morgan fingerprint density at radius 1 is 1.27 bits per heavy atom. The van der Waals surface area contributed by atoms with Gasteiger partial charge >= 0.3 is 0 Å². The number of benzene rings is 1. The zero-order chi connectivity index (χ0) is 23.5. The van der Waals surface area contributed by atoms with Crippen LogP contribution in [-0.2, 0) is 4.74 Å². The lowest BCUT2D eigenvalue weighted by atomic mass is 10.2. The number of rotatable bonds is 8. The van der Waals surface area contributed by atoms with Gasteiger partial charge in [-0.25, -0.2) is 4.98 Å². The van der Waals surface area contributed by atoms with E-state index in [0.29, 0.717) is 17.4 Å². The Morgan fingerprint density at radius 3 is 2.73 bits per heavy atom. The van der Waals surface area contributed by atoms with Crippen molar-refractivity contribution in [1.29, 1.82) is 0 Å². The van der Waals surface area contributed by atoms with Crippen LogP contribution < -0.4 is 9.64 Å². The van der Waals surface area contributed by atoms with Gasteiger partial charge in [-0.05, 0) is 51.8 Å². The molecule has 0 N–H and O–H groups in total. The zero-order valence-corrected chi connectivity index (χ0v) is 20.9. The van der Waals surface area contributed by atoms with Crippen LogP contribution in [0.3, 0.4) is 0 Å². The second kappa shape index (κ2) is 10.2. The van der Waals surface area contributed by atoms with E-state index in [-0.39, 0.29) is 11.9 Å². The minimum atomic E-state index is -0.0676. The molecule has 1 aliphatic rings. The number of thiazole rings is 1. The molecule has 1 aromatic carbocycles. The van der Waals surface area contributed by atoms with E-state index in [4.69, 9.17) is 14.5 Å². The molecule has 178 valence electrons. The monoisotopic (exact) mass is 471 g/mol. The average Bonchev–Trinajstić information content (AvgIpc) is 3.42. The number of methoxy groups -OCH3 is 1.